The maximum Gasteiger partial charge on any atom is 0.252 e. The van der Waals surface area contributed by atoms with Gasteiger partial charge in [-0.25, -0.2) is 8.42 Å². The van der Waals surface area contributed by atoms with Gasteiger partial charge in [-0.2, -0.15) is 0 Å². The Morgan fingerprint density at radius 3 is 2.58 bits per heavy atom. The molecule has 0 radical (unpaired) electrons. The van der Waals surface area contributed by atoms with Crippen molar-refractivity contribution in [2.45, 2.75) is 13.3 Å². The van der Waals surface area contributed by atoms with Gasteiger partial charge in [0.25, 0.3) is 5.91 Å². The van der Waals surface area contributed by atoms with Crippen LogP contribution in [0.4, 0.5) is 5.69 Å². The number of halogens is 1. The first kappa shape index (κ1) is 15.8. The van der Waals surface area contributed by atoms with E-state index in [0.717, 1.165) is 0 Å². The number of carbonyl (C=O) groups excluding carboxylic acids is 1. The Labute approximate surface area is 120 Å². The number of anilines is 1. The van der Waals surface area contributed by atoms with Crippen LogP contribution in [0.25, 0.3) is 0 Å². The summed E-state index contributed by atoms with van der Waals surface area (Å²) in [5.41, 5.74) is 5.52. The summed E-state index contributed by atoms with van der Waals surface area (Å²) in [6.07, 6.45) is 0.480. The van der Waals surface area contributed by atoms with Crippen molar-refractivity contribution in [3.05, 3.63) is 22.2 Å². The topological polar surface area (TPSA) is 98.5 Å². The number of nitrogens with two attached hydrogens (primary N) is 1. The first-order valence-electron chi connectivity index (χ1n) is 5.48. The van der Waals surface area contributed by atoms with Gasteiger partial charge in [-0.3, -0.25) is 9.52 Å². The van der Waals surface area contributed by atoms with Gasteiger partial charge in [0, 0.05) is 4.47 Å². The molecule has 106 valence electrons. The van der Waals surface area contributed by atoms with Crippen molar-refractivity contribution in [1.29, 1.82) is 0 Å². The average molecular weight is 351 g/mol. The Hall–Kier alpha value is -1.28. The quantitative estimate of drug-likeness (QED) is 0.815. The molecule has 0 heterocycles. The molecule has 1 aromatic rings. The van der Waals surface area contributed by atoms with Crippen LogP contribution in [0.15, 0.2) is 16.6 Å². The second-order valence-electron chi connectivity index (χ2n) is 3.82. The van der Waals surface area contributed by atoms with Crippen LogP contribution >= 0.6 is 15.9 Å². The first-order valence-corrected chi connectivity index (χ1v) is 7.93. The van der Waals surface area contributed by atoms with E-state index in [1.807, 2.05) is 0 Å². The van der Waals surface area contributed by atoms with E-state index in [2.05, 4.69) is 20.7 Å². The minimum atomic E-state index is -3.48. The van der Waals surface area contributed by atoms with Crippen LogP contribution in [-0.4, -0.2) is 27.2 Å². The lowest BCUT2D eigenvalue weighted by Crippen LogP contribution is -2.18. The molecule has 0 unspecified atom stereocenters. The lowest BCUT2D eigenvalue weighted by Gasteiger charge is -2.14. The van der Waals surface area contributed by atoms with Crippen LogP contribution < -0.4 is 15.2 Å². The Morgan fingerprint density at radius 1 is 1.47 bits per heavy atom. The Balaban J connectivity index is 3.31. The van der Waals surface area contributed by atoms with Crippen LogP contribution in [-0.2, 0) is 10.0 Å². The number of carbonyl (C=O) groups is 1. The third-order valence-corrected chi connectivity index (χ3v) is 4.20. The fourth-order valence-corrected chi connectivity index (χ4v) is 3.14. The standard InChI is InChI=1S/C11H15BrN2O4S/c1-3-4-19(16,17)14-9-6-7(12)5-8(11(13)15)10(9)18-2/h5-6,14H,3-4H2,1-2H3,(H2,13,15). The molecule has 3 N–H and O–H groups in total. The van der Waals surface area contributed by atoms with Crippen molar-refractivity contribution in [1.82, 2.24) is 0 Å². The van der Waals surface area contributed by atoms with Gasteiger partial charge in [-0.15, -0.1) is 0 Å². The summed E-state index contributed by atoms with van der Waals surface area (Å²) in [7, 11) is -2.14. The SMILES string of the molecule is CCCS(=O)(=O)Nc1cc(Br)cc(C(N)=O)c1OC. The molecule has 19 heavy (non-hydrogen) atoms. The number of benzene rings is 1. The van der Waals surface area contributed by atoms with E-state index in [1.54, 1.807) is 6.92 Å². The molecule has 0 aliphatic rings. The van der Waals surface area contributed by atoms with Gasteiger partial charge in [0.1, 0.15) is 0 Å². The number of rotatable bonds is 6. The molecular weight excluding hydrogens is 336 g/mol. The van der Waals surface area contributed by atoms with E-state index in [9.17, 15) is 13.2 Å². The minimum Gasteiger partial charge on any atom is -0.494 e. The Kier molecular flexibility index (Phi) is 5.19. The Morgan fingerprint density at radius 2 is 2.11 bits per heavy atom. The number of hydrogen-bond acceptors (Lipinski definition) is 4. The zero-order valence-electron chi connectivity index (χ0n) is 10.6. The van der Waals surface area contributed by atoms with Crippen molar-refractivity contribution < 1.29 is 17.9 Å². The highest BCUT2D eigenvalue weighted by atomic mass is 79.9. The van der Waals surface area contributed by atoms with Crippen molar-refractivity contribution in [3.63, 3.8) is 0 Å². The maximum atomic E-state index is 11.8. The normalized spacial score (nSPS) is 11.1. The minimum absolute atomic E-state index is 0.0193. The molecule has 0 aromatic heterocycles. The van der Waals surface area contributed by atoms with E-state index in [-0.39, 0.29) is 22.8 Å². The zero-order chi connectivity index (χ0) is 14.6. The summed E-state index contributed by atoms with van der Waals surface area (Å²) in [6.45, 7) is 1.76. The van der Waals surface area contributed by atoms with Gasteiger partial charge in [0.2, 0.25) is 10.0 Å². The van der Waals surface area contributed by atoms with E-state index in [4.69, 9.17) is 10.5 Å². The van der Waals surface area contributed by atoms with E-state index in [0.29, 0.717) is 10.9 Å². The molecule has 0 saturated carbocycles. The van der Waals surface area contributed by atoms with Gasteiger partial charge in [-0.05, 0) is 18.6 Å². The van der Waals surface area contributed by atoms with E-state index in [1.165, 1.54) is 19.2 Å². The largest absolute Gasteiger partial charge is 0.494 e. The fraction of sp³-hybridized carbons (Fsp3) is 0.364. The van der Waals surface area contributed by atoms with Gasteiger partial charge in [0.05, 0.1) is 24.1 Å². The molecule has 0 spiro atoms. The third kappa shape index (κ3) is 4.10. The molecule has 0 fully saturated rings. The molecule has 0 saturated heterocycles. The lowest BCUT2D eigenvalue weighted by molar-refractivity contribution is 0.0997. The molecule has 0 atom stereocenters. The molecule has 6 nitrogen and oxygen atoms in total. The van der Waals surface area contributed by atoms with Crippen molar-refractivity contribution >= 4 is 37.5 Å². The van der Waals surface area contributed by atoms with Crippen LogP contribution in [0.3, 0.4) is 0 Å². The van der Waals surface area contributed by atoms with Gasteiger partial charge < -0.3 is 10.5 Å². The molecule has 0 aliphatic carbocycles. The number of hydrogen-bond donors (Lipinski definition) is 2. The third-order valence-electron chi connectivity index (χ3n) is 2.26. The summed E-state index contributed by atoms with van der Waals surface area (Å²) >= 11 is 3.19. The molecule has 1 rings (SSSR count). The van der Waals surface area contributed by atoms with Crippen molar-refractivity contribution in [2.24, 2.45) is 5.73 Å². The zero-order valence-corrected chi connectivity index (χ0v) is 13.0. The molecule has 0 aliphatic heterocycles. The summed E-state index contributed by atoms with van der Waals surface area (Å²) < 4.78 is 31.5. The number of methoxy groups -OCH3 is 1. The molecule has 1 amide bonds. The summed E-state index contributed by atoms with van der Waals surface area (Å²) in [5, 5.41) is 0. The summed E-state index contributed by atoms with van der Waals surface area (Å²) in [4.78, 5) is 11.3. The van der Waals surface area contributed by atoms with E-state index < -0.39 is 15.9 Å². The smallest absolute Gasteiger partial charge is 0.252 e. The van der Waals surface area contributed by atoms with Gasteiger partial charge in [-0.1, -0.05) is 22.9 Å². The lowest BCUT2D eigenvalue weighted by atomic mass is 10.1. The molecular formula is C11H15BrN2O4S. The van der Waals surface area contributed by atoms with Crippen LogP contribution in [0, 0.1) is 0 Å². The highest BCUT2D eigenvalue weighted by Crippen LogP contribution is 2.33. The highest BCUT2D eigenvalue weighted by Gasteiger charge is 2.19. The number of ether oxygens (including phenoxy) is 1. The molecule has 0 bridgehead atoms. The van der Waals surface area contributed by atoms with Crippen molar-refractivity contribution in [2.75, 3.05) is 17.6 Å². The second-order valence-corrected chi connectivity index (χ2v) is 6.58. The fourth-order valence-electron chi connectivity index (χ4n) is 1.56. The highest BCUT2D eigenvalue weighted by molar-refractivity contribution is 9.10. The predicted octanol–water partition coefficient (Wildman–Crippen LogP) is 1.71. The first-order chi connectivity index (χ1) is 8.80. The molecule has 8 heteroatoms. The number of nitrogens with one attached hydrogen (secondary N) is 1. The summed E-state index contributed by atoms with van der Waals surface area (Å²) in [5.74, 6) is -0.612. The van der Waals surface area contributed by atoms with Gasteiger partial charge >= 0.3 is 0 Å². The van der Waals surface area contributed by atoms with E-state index >= 15 is 0 Å². The van der Waals surface area contributed by atoms with Crippen LogP contribution in [0.1, 0.15) is 23.7 Å². The van der Waals surface area contributed by atoms with Crippen LogP contribution in [0.5, 0.6) is 5.75 Å². The summed E-state index contributed by atoms with van der Waals surface area (Å²) in [6, 6.07) is 2.98. The number of amides is 1. The van der Waals surface area contributed by atoms with Crippen molar-refractivity contribution in [3.8, 4) is 5.75 Å². The average Bonchev–Trinajstić information content (AvgIpc) is 2.27. The second kappa shape index (κ2) is 6.25. The Bertz CT molecular complexity index is 587. The number of primary amides is 1. The van der Waals surface area contributed by atoms with Crippen LogP contribution in [0.2, 0.25) is 0 Å². The molecule has 1 aromatic carbocycles. The van der Waals surface area contributed by atoms with Gasteiger partial charge in [0.15, 0.2) is 5.75 Å². The maximum absolute atomic E-state index is 11.8. The predicted molar refractivity (Wildman–Crippen MR) is 76.9 cm³/mol. The monoisotopic (exact) mass is 350 g/mol. The number of sulfonamides is 1.